The SMILES string of the molecule is C[C@@H]1[C@H](C)CCC[C@H]1NC(=O)[C@@H](C)Sc1nnc2c(n1)[nH]c1ccccc12. The molecule has 0 spiro atoms. The lowest BCUT2D eigenvalue weighted by Gasteiger charge is -2.35. The lowest BCUT2D eigenvalue weighted by molar-refractivity contribution is -0.121. The maximum absolute atomic E-state index is 12.7. The number of H-pyrrole nitrogens is 1. The molecule has 1 aliphatic carbocycles. The van der Waals surface area contributed by atoms with E-state index >= 15 is 0 Å². The van der Waals surface area contributed by atoms with E-state index in [1.165, 1.54) is 24.6 Å². The third-order valence-corrected chi connectivity index (χ3v) is 6.74. The van der Waals surface area contributed by atoms with Crippen molar-refractivity contribution < 1.29 is 4.79 Å². The average molecular weight is 384 g/mol. The highest BCUT2D eigenvalue weighted by Crippen LogP contribution is 2.30. The number of thioether (sulfide) groups is 1. The van der Waals surface area contributed by atoms with Crippen LogP contribution in [0.4, 0.5) is 0 Å². The lowest BCUT2D eigenvalue weighted by Crippen LogP contribution is -2.46. The molecule has 1 fully saturated rings. The minimum Gasteiger partial charge on any atom is -0.352 e. The smallest absolute Gasteiger partial charge is 0.233 e. The number of carbonyl (C=O) groups excluding carboxylic acids is 1. The highest BCUT2D eigenvalue weighted by atomic mass is 32.2. The number of aromatic amines is 1. The van der Waals surface area contributed by atoms with Gasteiger partial charge < -0.3 is 10.3 Å². The summed E-state index contributed by atoms with van der Waals surface area (Å²) in [5.41, 5.74) is 2.45. The minimum absolute atomic E-state index is 0.0475. The van der Waals surface area contributed by atoms with E-state index in [1.54, 1.807) is 0 Å². The number of carbonyl (C=O) groups is 1. The largest absolute Gasteiger partial charge is 0.352 e. The van der Waals surface area contributed by atoms with Crippen LogP contribution in [0.5, 0.6) is 0 Å². The van der Waals surface area contributed by atoms with Crippen molar-refractivity contribution in [3.05, 3.63) is 24.3 Å². The van der Waals surface area contributed by atoms with Crippen molar-refractivity contribution in [2.24, 2.45) is 11.8 Å². The molecule has 27 heavy (non-hydrogen) atoms. The van der Waals surface area contributed by atoms with Gasteiger partial charge in [0.1, 0.15) is 5.52 Å². The predicted octanol–water partition coefficient (Wildman–Crippen LogP) is 3.93. The number of nitrogens with zero attached hydrogens (tertiary/aromatic N) is 3. The fourth-order valence-electron chi connectivity index (χ4n) is 3.85. The Balaban J connectivity index is 1.46. The van der Waals surface area contributed by atoms with Crippen LogP contribution in [0.25, 0.3) is 22.1 Å². The highest BCUT2D eigenvalue weighted by Gasteiger charge is 2.29. The van der Waals surface area contributed by atoms with Crippen molar-refractivity contribution in [3.63, 3.8) is 0 Å². The Kier molecular flexibility index (Phi) is 5.04. The van der Waals surface area contributed by atoms with Gasteiger partial charge in [0.25, 0.3) is 0 Å². The fraction of sp³-hybridized carbons (Fsp3) is 0.500. The molecule has 2 aromatic heterocycles. The van der Waals surface area contributed by atoms with Crippen molar-refractivity contribution in [1.29, 1.82) is 0 Å². The number of amides is 1. The van der Waals surface area contributed by atoms with E-state index < -0.39 is 0 Å². The molecule has 2 heterocycles. The van der Waals surface area contributed by atoms with Crippen molar-refractivity contribution in [3.8, 4) is 0 Å². The lowest BCUT2D eigenvalue weighted by atomic mass is 9.78. The summed E-state index contributed by atoms with van der Waals surface area (Å²) >= 11 is 1.35. The van der Waals surface area contributed by atoms with Crippen LogP contribution in [0.1, 0.15) is 40.0 Å². The molecule has 1 aromatic carbocycles. The van der Waals surface area contributed by atoms with E-state index in [9.17, 15) is 4.79 Å². The molecule has 4 rings (SSSR count). The quantitative estimate of drug-likeness (QED) is 0.667. The Morgan fingerprint density at radius 1 is 1.26 bits per heavy atom. The van der Waals surface area contributed by atoms with E-state index in [2.05, 4.69) is 39.3 Å². The topological polar surface area (TPSA) is 83.6 Å². The fourth-order valence-corrected chi connectivity index (χ4v) is 4.58. The summed E-state index contributed by atoms with van der Waals surface area (Å²) in [6, 6.07) is 8.20. The van der Waals surface area contributed by atoms with Crippen molar-refractivity contribution in [1.82, 2.24) is 25.5 Å². The van der Waals surface area contributed by atoms with Gasteiger partial charge in [0.2, 0.25) is 11.1 Å². The van der Waals surface area contributed by atoms with Gasteiger partial charge in [-0.3, -0.25) is 4.79 Å². The molecular formula is C20H25N5OS. The van der Waals surface area contributed by atoms with E-state index in [0.29, 0.717) is 22.6 Å². The van der Waals surface area contributed by atoms with Crippen LogP contribution in [0.15, 0.2) is 29.4 Å². The van der Waals surface area contributed by atoms with Gasteiger partial charge in [0, 0.05) is 16.9 Å². The second-order valence-electron chi connectivity index (χ2n) is 7.60. The van der Waals surface area contributed by atoms with Crippen LogP contribution < -0.4 is 5.32 Å². The van der Waals surface area contributed by atoms with Crippen LogP contribution in [0, 0.1) is 11.8 Å². The third kappa shape index (κ3) is 3.65. The number of rotatable bonds is 4. The van der Waals surface area contributed by atoms with Gasteiger partial charge >= 0.3 is 0 Å². The monoisotopic (exact) mass is 383 g/mol. The first kappa shape index (κ1) is 18.2. The van der Waals surface area contributed by atoms with Crippen molar-refractivity contribution >= 4 is 39.7 Å². The second-order valence-corrected chi connectivity index (χ2v) is 8.91. The summed E-state index contributed by atoms with van der Waals surface area (Å²) < 4.78 is 0. The number of nitrogens with one attached hydrogen (secondary N) is 2. The van der Waals surface area contributed by atoms with Crippen LogP contribution in [0.2, 0.25) is 0 Å². The van der Waals surface area contributed by atoms with Crippen molar-refractivity contribution in [2.45, 2.75) is 56.5 Å². The molecule has 142 valence electrons. The molecule has 3 aromatic rings. The maximum Gasteiger partial charge on any atom is 0.233 e. The summed E-state index contributed by atoms with van der Waals surface area (Å²) in [5.74, 6) is 1.22. The molecule has 0 saturated heterocycles. The molecule has 6 nitrogen and oxygen atoms in total. The summed E-state index contributed by atoms with van der Waals surface area (Å²) in [4.78, 5) is 20.5. The highest BCUT2D eigenvalue weighted by molar-refractivity contribution is 8.00. The Morgan fingerprint density at radius 3 is 2.93 bits per heavy atom. The van der Waals surface area contributed by atoms with E-state index in [1.807, 2.05) is 31.2 Å². The molecule has 1 saturated carbocycles. The number of benzene rings is 1. The Bertz CT molecular complexity index is 971. The molecule has 7 heteroatoms. The van der Waals surface area contributed by atoms with Gasteiger partial charge in [0.05, 0.1) is 5.25 Å². The van der Waals surface area contributed by atoms with Gasteiger partial charge in [-0.15, -0.1) is 10.2 Å². The number of hydrogen-bond acceptors (Lipinski definition) is 5. The molecular weight excluding hydrogens is 358 g/mol. The summed E-state index contributed by atoms with van der Waals surface area (Å²) in [6.45, 7) is 6.41. The zero-order chi connectivity index (χ0) is 19.0. The van der Waals surface area contributed by atoms with E-state index in [4.69, 9.17) is 0 Å². The van der Waals surface area contributed by atoms with Gasteiger partial charge in [-0.2, -0.15) is 0 Å². The van der Waals surface area contributed by atoms with E-state index in [0.717, 1.165) is 22.8 Å². The normalized spacial score (nSPS) is 24.2. The molecule has 1 aliphatic rings. The third-order valence-electron chi connectivity index (χ3n) is 5.79. The predicted molar refractivity (Wildman–Crippen MR) is 109 cm³/mol. The molecule has 0 bridgehead atoms. The van der Waals surface area contributed by atoms with Crippen LogP contribution in [0.3, 0.4) is 0 Å². The van der Waals surface area contributed by atoms with Gasteiger partial charge in [0.15, 0.2) is 5.65 Å². The van der Waals surface area contributed by atoms with Gasteiger partial charge in [-0.05, 0) is 31.2 Å². The summed E-state index contributed by atoms with van der Waals surface area (Å²) in [6.07, 6.45) is 3.50. The first-order valence-corrected chi connectivity index (χ1v) is 10.5. The molecule has 0 radical (unpaired) electrons. The van der Waals surface area contributed by atoms with Crippen LogP contribution in [-0.2, 0) is 4.79 Å². The standard InChI is InChI=1S/C20H25N5OS/c1-11-7-6-10-15(12(11)2)22-19(26)13(3)27-20-23-18-17(24-25-20)14-8-4-5-9-16(14)21-18/h4-5,8-9,11-13,15H,6-7,10H2,1-3H3,(H,22,26)(H,21,23,25)/t11-,12-,13-,15-/m1/s1. The molecule has 0 unspecified atom stereocenters. The van der Waals surface area contributed by atoms with Crippen LogP contribution in [-0.4, -0.2) is 37.4 Å². The summed E-state index contributed by atoms with van der Waals surface area (Å²) in [5, 5.41) is 13.0. The van der Waals surface area contributed by atoms with Gasteiger partial charge in [-0.25, -0.2) is 4.98 Å². The minimum atomic E-state index is -0.266. The first-order valence-electron chi connectivity index (χ1n) is 9.61. The zero-order valence-electron chi connectivity index (χ0n) is 15.9. The zero-order valence-corrected chi connectivity index (χ0v) is 16.7. The maximum atomic E-state index is 12.7. The number of hydrogen-bond donors (Lipinski definition) is 2. The Labute approximate surface area is 162 Å². The van der Waals surface area contributed by atoms with E-state index in [-0.39, 0.29) is 17.2 Å². The summed E-state index contributed by atoms with van der Waals surface area (Å²) in [7, 11) is 0. The van der Waals surface area contributed by atoms with Crippen molar-refractivity contribution in [2.75, 3.05) is 0 Å². The second kappa shape index (κ2) is 7.46. The first-order chi connectivity index (χ1) is 13.0. The molecule has 4 atom stereocenters. The van der Waals surface area contributed by atoms with Gasteiger partial charge in [-0.1, -0.05) is 56.7 Å². The Hall–Kier alpha value is -2.15. The Morgan fingerprint density at radius 2 is 2.07 bits per heavy atom. The molecule has 2 N–H and O–H groups in total. The number of para-hydroxylation sites is 1. The molecule has 1 amide bonds. The van der Waals surface area contributed by atoms with Crippen LogP contribution >= 0.6 is 11.8 Å². The molecule has 0 aliphatic heterocycles. The number of fused-ring (bicyclic) bond motifs is 3. The average Bonchev–Trinajstić information content (AvgIpc) is 3.03. The number of aromatic nitrogens is 4.